The van der Waals surface area contributed by atoms with Crippen LogP contribution in [0, 0.1) is 12.7 Å². The third-order valence-electron chi connectivity index (χ3n) is 3.77. The number of carbonyl (C=O) groups is 1. The van der Waals surface area contributed by atoms with Gasteiger partial charge in [0.15, 0.2) is 11.6 Å². The second-order valence-electron chi connectivity index (χ2n) is 5.38. The molecule has 0 fully saturated rings. The first-order chi connectivity index (χ1) is 12.0. The maximum absolute atomic E-state index is 13.8. The lowest BCUT2D eigenvalue weighted by Crippen LogP contribution is -2.10. The number of esters is 1. The molecule has 0 heterocycles. The van der Waals surface area contributed by atoms with Gasteiger partial charge in [-0.15, -0.1) is 0 Å². The van der Waals surface area contributed by atoms with E-state index in [2.05, 4.69) is 0 Å². The molecule has 0 unspecified atom stereocenters. The molecule has 2 aromatic carbocycles. The van der Waals surface area contributed by atoms with E-state index >= 15 is 0 Å². The smallest absolute Gasteiger partial charge is 0.309 e. The van der Waals surface area contributed by atoms with E-state index in [0.29, 0.717) is 0 Å². The monoisotopic (exact) mass is 346 g/mol. The molecule has 0 N–H and O–H groups in total. The van der Waals surface area contributed by atoms with Gasteiger partial charge in [0.1, 0.15) is 6.61 Å². The van der Waals surface area contributed by atoms with Gasteiger partial charge in [0.25, 0.3) is 0 Å². The zero-order chi connectivity index (χ0) is 18.8. The van der Waals surface area contributed by atoms with Crippen LogP contribution in [0.15, 0.2) is 36.4 Å². The lowest BCUT2D eigenvalue weighted by molar-refractivity contribution is -0.139. The molecule has 0 aliphatic heterocycles. The molecular formula is C21H27FO3. The number of hydrogen-bond donors (Lipinski definition) is 0. The summed E-state index contributed by atoms with van der Waals surface area (Å²) in [4.78, 5) is 11.6. The van der Waals surface area contributed by atoms with E-state index in [-0.39, 0.29) is 30.6 Å². The highest BCUT2D eigenvalue weighted by atomic mass is 19.1. The maximum atomic E-state index is 13.8. The van der Waals surface area contributed by atoms with Crippen molar-refractivity contribution in [3.05, 3.63) is 64.5 Å². The maximum Gasteiger partial charge on any atom is 0.309 e. The van der Waals surface area contributed by atoms with Crippen molar-refractivity contribution in [1.82, 2.24) is 0 Å². The van der Waals surface area contributed by atoms with Crippen LogP contribution >= 0.6 is 0 Å². The van der Waals surface area contributed by atoms with E-state index < -0.39 is 0 Å². The molecular weight excluding hydrogens is 319 g/mol. The second-order valence-corrected chi connectivity index (χ2v) is 5.38. The van der Waals surface area contributed by atoms with Gasteiger partial charge < -0.3 is 9.47 Å². The summed E-state index contributed by atoms with van der Waals surface area (Å²) in [5, 5.41) is 0. The van der Waals surface area contributed by atoms with E-state index in [0.717, 1.165) is 28.7 Å². The van der Waals surface area contributed by atoms with Gasteiger partial charge in [-0.05, 0) is 47.7 Å². The summed E-state index contributed by atoms with van der Waals surface area (Å²) in [5.41, 5.74) is 3.78. The molecule has 0 saturated carbocycles. The van der Waals surface area contributed by atoms with Crippen molar-refractivity contribution in [3.63, 3.8) is 0 Å². The van der Waals surface area contributed by atoms with Crippen LogP contribution in [-0.2, 0) is 29.0 Å². The molecule has 3 nitrogen and oxygen atoms in total. The minimum absolute atomic E-state index is 0.180. The summed E-state index contributed by atoms with van der Waals surface area (Å²) in [6.45, 7) is 8.14. The third kappa shape index (κ3) is 5.89. The van der Waals surface area contributed by atoms with Crippen LogP contribution in [0.4, 0.5) is 4.39 Å². The molecule has 0 bridgehead atoms. The Kier molecular flexibility index (Phi) is 8.68. The summed E-state index contributed by atoms with van der Waals surface area (Å²) in [6, 6.07) is 10.5. The number of benzene rings is 2. The van der Waals surface area contributed by atoms with Gasteiger partial charge in [0.05, 0.1) is 13.5 Å². The molecule has 0 saturated heterocycles. The van der Waals surface area contributed by atoms with Crippen molar-refractivity contribution in [1.29, 1.82) is 0 Å². The Morgan fingerprint density at radius 3 is 2.44 bits per heavy atom. The summed E-state index contributed by atoms with van der Waals surface area (Å²) in [6.07, 6.45) is 0.989. The van der Waals surface area contributed by atoms with Gasteiger partial charge in [-0.3, -0.25) is 4.79 Å². The van der Waals surface area contributed by atoms with E-state index in [1.807, 2.05) is 45.9 Å². The highest BCUT2D eigenvalue weighted by molar-refractivity contribution is 5.73. The Labute approximate surface area is 149 Å². The van der Waals surface area contributed by atoms with Crippen LogP contribution in [0.2, 0.25) is 0 Å². The highest BCUT2D eigenvalue weighted by Gasteiger charge is 2.13. The first kappa shape index (κ1) is 20.7. The molecule has 136 valence electrons. The third-order valence-corrected chi connectivity index (χ3v) is 3.77. The first-order valence-electron chi connectivity index (χ1n) is 8.60. The van der Waals surface area contributed by atoms with Gasteiger partial charge in [-0.2, -0.15) is 0 Å². The summed E-state index contributed by atoms with van der Waals surface area (Å²) in [7, 11) is 1.37. The average molecular weight is 346 g/mol. The minimum Gasteiger partial charge on any atom is -0.486 e. The minimum atomic E-state index is -0.390. The van der Waals surface area contributed by atoms with Crippen LogP contribution in [0.25, 0.3) is 0 Å². The first-order valence-corrected chi connectivity index (χ1v) is 8.60. The van der Waals surface area contributed by atoms with Crippen molar-refractivity contribution in [2.45, 2.75) is 47.1 Å². The second kappa shape index (κ2) is 10.5. The standard InChI is InChI=1S/C19H21FO3.C2H6/c1-4-14-6-5-7-15(11-19(21)22-3)16(14)12-23-18-10-13(2)8-9-17(18)20;1-2/h5-10H,4,11-12H2,1-3H3;1-2H3. The van der Waals surface area contributed by atoms with Gasteiger partial charge in [0, 0.05) is 0 Å². The highest BCUT2D eigenvalue weighted by Crippen LogP contribution is 2.23. The zero-order valence-electron chi connectivity index (χ0n) is 15.7. The van der Waals surface area contributed by atoms with Gasteiger partial charge in [-0.1, -0.05) is 45.0 Å². The molecule has 0 aromatic heterocycles. The number of halogens is 1. The van der Waals surface area contributed by atoms with Crippen LogP contribution < -0.4 is 4.74 Å². The predicted molar refractivity (Wildman–Crippen MR) is 98.4 cm³/mol. The normalized spacial score (nSPS) is 9.84. The van der Waals surface area contributed by atoms with Crippen LogP contribution in [0.3, 0.4) is 0 Å². The number of hydrogen-bond acceptors (Lipinski definition) is 3. The van der Waals surface area contributed by atoms with Crippen LogP contribution in [0.1, 0.15) is 43.0 Å². The van der Waals surface area contributed by atoms with Crippen molar-refractivity contribution in [2.24, 2.45) is 0 Å². The predicted octanol–water partition coefficient (Wildman–Crippen LogP) is 5.02. The van der Waals surface area contributed by atoms with Crippen molar-refractivity contribution in [3.8, 4) is 5.75 Å². The molecule has 0 radical (unpaired) electrons. The summed E-state index contributed by atoms with van der Waals surface area (Å²) >= 11 is 0. The molecule has 0 aliphatic rings. The average Bonchev–Trinajstić information content (AvgIpc) is 2.64. The number of aryl methyl sites for hydroxylation is 2. The molecule has 2 rings (SSSR count). The Morgan fingerprint density at radius 1 is 1.12 bits per heavy atom. The molecule has 0 atom stereocenters. The molecule has 0 aliphatic carbocycles. The van der Waals surface area contributed by atoms with Crippen LogP contribution in [0.5, 0.6) is 5.75 Å². The fraction of sp³-hybridized carbons (Fsp3) is 0.381. The van der Waals surface area contributed by atoms with Crippen molar-refractivity contribution < 1.29 is 18.7 Å². The number of methoxy groups -OCH3 is 1. The van der Waals surface area contributed by atoms with Crippen LogP contribution in [-0.4, -0.2) is 13.1 Å². The van der Waals surface area contributed by atoms with Gasteiger partial charge >= 0.3 is 5.97 Å². The lowest BCUT2D eigenvalue weighted by Gasteiger charge is -2.15. The van der Waals surface area contributed by atoms with E-state index in [1.54, 1.807) is 12.1 Å². The molecule has 4 heteroatoms. The topological polar surface area (TPSA) is 35.5 Å². The van der Waals surface area contributed by atoms with E-state index in [1.165, 1.54) is 13.2 Å². The van der Waals surface area contributed by atoms with Gasteiger partial charge in [-0.25, -0.2) is 4.39 Å². The largest absolute Gasteiger partial charge is 0.486 e. The van der Waals surface area contributed by atoms with E-state index in [9.17, 15) is 9.18 Å². The van der Waals surface area contributed by atoms with E-state index in [4.69, 9.17) is 9.47 Å². The summed E-state index contributed by atoms with van der Waals surface area (Å²) < 4.78 is 24.2. The Balaban J connectivity index is 0.00000151. The fourth-order valence-corrected chi connectivity index (χ4v) is 2.47. The molecule has 0 amide bonds. The molecule has 2 aromatic rings. The van der Waals surface area contributed by atoms with Crippen molar-refractivity contribution in [2.75, 3.05) is 7.11 Å². The summed E-state index contributed by atoms with van der Waals surface area (Å²) in [5.74, 6) is -0.472. The Morgan fingerprint density at radius 2 is 1.80 bits per heavy atom. The van der Waals surface area contributed by atoms with Crippen molar-refractivity contribution >= 4 is 5.97 Å². The molecule has 0 spiro atoms. The number of ether oxygens (including phenoxy) is 2. The van der Waals surface area contributed by atoms with Gasteiger partial charge in [0.2, 0.25) is 0 Å². The quantitative estimate of drug-likeness (QED) is 0.689. The Bertz CT molecular complexity index is 696. The fourth-order valence-electron chi connectivity index (χ4n) is 2.47. The SMILES string of the molecule is CC.CCc1cccc(CC(=O)OC)c1COc1cc(C)ccc1F. The zero-order valence-corrected chi connectivity index (χ0v) is 15.7. The molecule has 25 heavy (non-hydrogen) atoms. The number of carbonyl (C=O) groups excluding carboxylic acids is 1. The number of rotatable bonds is 6. The lowest BCUT2D eigenvalue weighted by atomic mass is 9.97. The Hall–Kier alpha value is -2.36.